The number of benzene rings is 2. The molecule has 0 saturated heterocycles. The zero-order chi connectivity index (χ0) is 19.9. The Hall–Kier alpha value is -2.83. The summed E-state index contributed by atoms with van der Waals surface area (Å²) in [5.41, 5.74) is 1.65. The lowest BCUT2D eigenvalue weighted by atomic mass is 9.98. The fourth-order valence-corrected chi connectivity index (χ4v) is 3.16. The summed E-state index contributed by atoms with van der Waals surface area (Å²) < 4.78 is 55.3. The maximum atomic E-state index is 14.0. The molecule has 3 rings (SSSR count). The Balaban J connectivity index is 2.32. The Morgan fingerprint density at radius 2 is 1.85 bits per heavy atom. The molecule has 0 bridgehead atoms. The first-order valence-electron chi connectivity index (χ1n) is 8.39. The quantitative estimate of drug-likeness (QED) is 0.586. The molecule has 0 aliphatic rings. The average Bonchev–Trinajstić information content (AvgIpc) is 2.86. The van der Waals surface area contributed by atoms with Crippen LogP contribution >= 0.6 is 0 Å². The molecular formula is C20H18F4N2O. The van der Waals surface area contributed by atoms with Gasteiger partial charge in [-0.1, -0.05) is 6.92 Å². The van der Waals surface area contributed by atoms with Crippen molar-refractivity contribution in [3.8, 4) is 11.1 Å². The molecule has 3 nitrogen and oxygen atoms in total. The standard InChI is InChI=1S/C20H18F4N2O/c1-4-18(27)25-16-7-6-13(21)10-14(16)19-11(2)26(3)17-8-5-12(9-15(17)19)20(22,23)24/h5-10H,4H2,1-3H3,(H,25,27). The van der Waals surface area contributed by atoms with E-state index in [2.05, 4.69) is 5.32 Å². The molecule has 27 heavy (non-hydrogen) atoms. The minimum Gasteiger partial charge on any atom is -0.347 e. The number of rotatable bonds is 3. The molecule has 0 aliphatic heterocycles. The number of halogens is 4. The molecular weight excluding hydrogens is 360 g/mol. The molecule has 2 aromatic carbocycles. The first kappa shape index (κ1) is 18.9. The number of carbonyl (C=O) groups excluding carboxylic acids is 1. The fraction of sp³-hybridized carbons (Fsp3) is 0.250. The monoisotopic (exact) mass is 378 g/mol. The van der Waals surface area contributed by atoms with Gasteiger partial charge in [-0.15, -0.1) is 0 Å². The molecule has 1 aromatic heterocycles. The second kappa shape index (κ2) is 6.72. The molecule has 3 aromatic rings. The summed E-state index contributed by atoms with van der Waals surface area (Å²) in [5, 5.41) is 3.04. The average molecular weight is 378 g/mol. The number of fused-ring (bicyclic) bond motifs is 1. The van der Waals surface area contributed by atoms with Crippen LogP contribution in [0.2, 0.25) is 0 Å². The smallest absolute Gasteiger partial charge is 0.347 e. The molecule has 0 atom stereocenters. The van der Waals surface area contributed by atoms with Gasteiger partial charge in [0, 0.05) is 46.9 Å². The van der Waals surface area contributed by atoms with Gasteiger partial charge in [0.25, 0.3) is 0 Å². The summed E-state index contributed by atoms with van der Waals surface area (Å²) in [6, 6.07) is 7.34. The zero-order valence-corrected chi connectivity index (χ0v) is 15.0. The number of carbonyl (C=O) groups is 1. The lowest BCUT2D eigenvalue weighted by Gasteiger charge is -2.12. The van der Waals surface area contributed by atoms with Gasteiger partial charge in [0.1, 0.15) is 5.82 Å². The second-order valence-corrected chi connectivity index (χ2v) is 6.34. The lowest BCUT2D eigenvalue weighted by molar-refractivity contribution is -0.137. The number of hydrogen-bond acceptors (Lipinski definition) is 1. The molecule has 1 heterocycles. The third-order valence-corrected chi connectivity index (χ3v) is 4.67. The highest BCUT2D eigenvalue weighted by atomic mass is 19.4. The largest absolute Gasteiger partial charge is 0.416 e. The van der Waals surface area contributed by atoms with Crippen LogP contribution in [0.25, 0.3) is 22.0 Å². The molecule has 142 valence electrons. The molecule has 1 N–H and O–H groups in total. The first-order chi connectivity index (χ1) is 12.6. The van der Waals surface area contributed by atoms with Crippen molar-refractivity contribution in [1.29, 1.82) is 0 Å². The third kappa shape index (κ3) is 3.41. The number of nitrogens with one attached hydrogen (secondary N) is 1. The van der Waals surface area contributed by atoms with E-state index in [-0.39, 0.29) is 12.3 Å². The van der Waals surface area contributed by atoms with Gasteiger partial charge in [-0.3, -0.25) is 4.79 Å². The first-order valence-corrected chi connectivity index (χ1v) is 8.39. The van der Waals surface area contributed by atoms with Gasteiger partial charge in [0.2, 0.25) is 5.91 Å². The van der Waals surface area contributed by atoms with Crippen LogP contribution < -0.4 is 5.32 Å². The Morgan fingerprint density at radius 3 is 2.48 bits per heavy atom. The van der Waals surface area contributed by atoms with E-state index in [1.165, 1.54) is 24.3 Å². The summed E-state index contributed by atoms with van der Waals surface area (Å²) in [7, 11) is 1.73. The van der Waals surface area contributed by atoms with E-state index >= 15 is 0 Å². The molecule has 0 radical (unpaired) electrons. The number of alkyl halides is 3. The summed E-state index contributed by atoms with van der Waals surface area (Å²) in [4.78, 5) is 11.8. The summed E-state index contributed by atoms with van der Waals surface area (Å²) in [6.45, 7) is 3.43. The Labute approximate surface area is 153 Å². The Bertz CT molecular complexity index is 1030. The van der Waals surface area contributed by atoms with E-state index < -0.39 is 17.6 Å². The van der Waals surface area contributed by atoms with E-state index in [0.717, 1.165) is 12.1 Å². The van der Waals surface area contributed by atoms with E-state index in [1.54, 1.807) is 25.5 Å². The van der Waals surface area contributed by atoms with Crippen LogP contribution in [0.4, 0.5) is 23.2 Å². The Morgan fingerprint density at radius 1 is 1.15 bits per heavy atom. The number of amides is 1. The number of aromatic nitrogens is 1. The summed E-state index contributed by atoms with van der Waals surface area (Å²) in [6.07, 6.45) is -4.26. The van der Waals surface area contributed by atoms with Crippen LogP contribution in [0.5, 0.6) is 0 Å². The highest BCUT2D eigenvalue weighted by molar-refractivity contribution is 6.04. The fourth-order valence-electron chi connectivity index (χ4n) is 3.16. The highest BCUT2D eigenvalue weighted by Gasteiger charge is 2.31. The Kier molecular flexibility index (Phi) is 4.71. The topological polar surface area (TPSA) is 34.0 Å². The van der Waals surface area contributed by atoms with Crippen molar-refractivity contribution in [3.63, 3.8) is 0 Å². The van der Waals surface area contributed by atoms with Crippen molar-refractivity contribution < 1.29 is 22.4 Å². The van der Waals surface area contributed by atoms with Crippen molar-refractivity contribution in [3.05, 3.63) is 53.5 Å². The normalized spacial score (nSPS) is 11.8. The van der Waals surface area contributed by atoms with Crippen LogP contribution in [0.1, 0.15) is 24.6 Å². The molecule has 0 saturated carbocycles. The van der Waals surface area contributed by atoms with Crippen molar-refractivity contribution >= 4 is 22.5 Å². The van der Waals surface area contributed by atoms with E-state index in [1.807, 2.05) is 0 Å². The molecule has 0 aliphatic carbocycles. The van der Waals surface area contributed by atoms with Gasteiger partial charge < -0.3 is 9.88 Å². The van der Waals surface area contributed by atoms with Crippen LogP contribution in [0.3, 0.4) is 0 Å². The van der Waals surface area contributed by atoms with E-state index in [4.69, 9.17) is 0 Å². The minimum atomic E-state index is -4.49. The van der Waals surface area contributed by atoms with Gasteiger partial charge >= 0.3 is 6.18 Å². The van der Waals surface area contributed by atoms with E-state index in [9.17, 15) is 22.4 Å². The zero-order valence-electron chi connectivity index (χ0n) is 15.0. The third-order valence-electron chi connectivity index (χ3n) is 4.67. The molecule has 0 fully saturated rings. The van der Waals surface area contributed by atoms with Crippen LogP contribution in [-0.2, 0) is 18.0 Å². The predicted octanol–water partition coefficient (Wildman–Crippen LogP) is 5.66. The number of hydrogen-bond donors (Lipinski definition) is 1. The molecule has 1 amide bonds. The van der Waals surface area contributed by atoms with Gasteiger partial charge in [-0.05, 0) is 43.3 Å². The van der Waals surface area contributed by atoms with Crippen LogP contribution in [0, 0.1) is 12.7 Å². The van der Waals surface area contributed by atoms with Gasteiger partial charge in [-0.25, -0.2) is 4.39 Å². The number of aryl methyl sites for hydroxylation is 1. The van der Waals surface area contributed by atoms with Crippen LogP contribution in [-0.4, -0.2) is 10.5 Å². The van der Waals surface area contributed by atoms with Gasteiger partial charge in [0.05, 0.1) is 5.56 Å². The van der Waals surface area contributed by atoms with Crippen molar-refractivity contribution in [2.45, 2.75) is 26.4 Å². The highest BCUT2D eigenvalue weighted by Crippen LogP contribution is 2.41. The van der Waals surface area contributed by atoms with Gasteiger partial charge in [-0.2, -0.15) is 13.2 Å². The number of anilines is 1. The maximum Gasteiger partial charge on any atom is 0.416 e. The van der Waals surface area contributed by atoms with Crippen molar-refractivity contribution in [1.82, 2.24) is 4.57 Å². The molecule has 0 spiro atoms. The summed E-state index contributed by atoms with van der Waals surface area (Å²) in [5.74, 6) is -0.806. The lowest BCUT2D eigenvalue weighted by Crippen LogP contribution is -2.10. The van der Waals surface area contributed by atoms with E-state index in [0.29, 0.717) is 33.4 Å². The number of nitrogens with zero attached hydrogens (tertiary/aromatic N) is 1. The van der Waals surface area contributed by atoms with Crippen molar-refractivity contribution in [2.24, 2.45) is 7.05 Å². The maximum absolute atomic E-state index is 14.0. The van der Waals surface area contributed by atoms with Crippen LogP contribution in [0.15, 0.2) is 36.4 Å². The van der Waals surface area contributed by atoms with Crippen molar-refractivity contribution in [2.75, 3.05) is 5.32 Å². The summed E-state index contributed by atoms with van der Waals surface area (Å²) >= 11 is 0. The second-order valence-electron chi connectivity index (χ2n) is 6.34. The molecule has 7 heteroatoms. The predicted molar refractivity (Wildman–Crippen MR) is 97.0 cm³/mol. The SMILES string of the molecule is CCC(=O)Nc1ccc(F)cc1-c1c(C)n(C)c2ccc(C(F)(F)F)cc12. The minimum absolute atomic E-state index is 0.226. The molecule has 0 unspecified atom stereocenters. The van der Waals surface area contributed by atoms with Gasteiger partial charge in [0.15, 0.2) is 0 Å².